The van der Waals surface area contributed by atoms with Crippen LogP contribution in [0.1, 0.15) is 27.2 Å². The third-order valence-corrected chi connectivity index (χ3v) is 6.60. The highest BCUT2D eigenvalue weighted by Crippen LogP contribution is 2.31. The largest absolute Gasteiger partial charge is 0.493 e. The molecule has 0 spiro atoms. The van der Waals surface area contributed by atoms with Crippen molar-refractivity contribution >= 4 is 16.9 Å². The minimum atomic E-state index is -4.48. The standard InChI is InChI=1S/C31H25F3N4O5/c1-18-24-13-15-27(39)38(28(24)37-30(36-18)43-23-11-7-21(8-12-23)31(32,33)34)22-9-5-20(6-10-22)29(40)35-17-19-4-14-25(41-2)26(16-19)42-3/h4-16H,17H2,1-3H3,(H,35,40). The number of ether oxygens (including phenoxy) is 3. The summed E-state index contributed by atoms with van der Waals surface area (Å²) >= 11 is 0. The number of carbonyl (C=O) groups excluding carboxylic acids is 1. The average molecular weight is 591 g/mol. The van der Waals surface area contributed by atoms with E-state index >= 15 is 0 Å². The molecule has 0 aliphatic heterocycles. The summed E-state index contributed by atoms with van der Waals surface area (Å²) in [6, 6.07) is 18.7. The number of carbonyl (C=O) groups is 1. The third kappa shape index (κ3) is 6.27. The molecular weight excluding hydrogens is 565 g/mol. The van der Waals surface area contributed by atoms with Gasteiger partial charge in [0.15, 0.2) is 17.1 Å². The zero-order valence-electron chi connectivity index (χ0n) is 23.2. The minimum absolute atomic E-state index is 0.0972. The molecule has 2 aromatic heterocycles. The fourth-order valence-electron chi connectivity index (χ4n) is 4.39. The van der Waals surface area contributed by atoms with E-state index in [9.17, 15) is 22.8 Å². The Bertz CT molecular complexity index is 1850. The van der Waals surface area contributed by atoms with Crippen LogP contribution in [0.5, 0.6) is 23.3 Å². The van der Waals surface area contributed by atoms with Crippen LogP contribution in [-0.2, 0) is 12.7 Å². The Labute approximate surface area is 243 Å². The van der Waals surface area contributed by atoms with Gasteiger partial charge in [0, 0.05) is 23.6 Å². The van der Waals surface area contributed by atoms with Crippen LogP contribution in [0, 0.1) is 6.92 Å². The highest BCUT2D eigenvalue weighted by Gasteiger charge is 2.30. The van der Waals surface area contributed by atoms with Gasteiger partial charge in [-0.15, -0.1) is 0 Å². The average Bonchev–Trinajstić information content (AvgIpc) is 2.99. The summed E-state index contributed by atoms with van der Waals surface area (Å²) in [5, 5.41) is 3.42. The fraction of sp³-hybridized carbons (Fsp3) is 0.161. The number of hydrogen-bond acceptors (Lipinski definition) is 7. The van der Waals surface area contributed by atoms with Gasteiger partial charge in [0.25, 0.3) is 11.5 Å². The quantitative estimate of drug-likeness (QED) is 0.242. The van der Waals surface area contributed by atoms with Gasteiger partial charge in [-0.05, 0) is 79.2 Å². The molecule has 220 valence electrons. The summed E-state index contributed by atoms with van der Waals surface area (Å²) in [5.41, 5.74) is 1.13. The van der Waals surface area contributed by atoms with Crippen molar-refractivity contribution in [3.05, 3.63) is 112 Å². The SMILES string of the molecule is COc1ccc(CNC(=O)c2ccc(-n3c(=O)ccc4c(C)nc(Oc5ccc(C(F)(F)F)cc5)nc43)cc2)cc1OC. The number of rotatable bonds is 8. The molecule has 2 heterocycles. The molecule has 0 saturated heterocycles. The van der Waals surface area contributed by atoms with E-state index in [1.54, 1.807) is 56.5 Å². The second-order valence-electron chi connectivity index (χ2n) is 9.38. The van der Waals surface area contributed by atoms with E-state index in [4.69, 9.17) is 14.2 Å². The number of hydrogen-bond donors (Lipinski definition) is 1. The molecule has 0 fully saturated rings. The smallest absolute Gasteiger partial charge is 0.416 e. The highest BCUT2D eigenvalue weighted by atomic mass is 19.4. The van der Waals surface area contributed by atoms with Gasteiger partial charge in [-0.1, -0.05) is 6.07 Å². The number of pyridine rings is 1. The topological polar surface area (TPSA) is 105 Å². The van der Waals surface area contributed by atoms with Gasteiger partial charge in [0.1, 0.15) is 5.75 Å². The molecule has 5 aromatic rings. The van der Waals surface area contributed by atoms with Crippen LogP contribution in [0.15, 0.2) is 83.7 Å². The Balaban J connectivity index is 1.39. The first-order chi connectivity index (χ1) is 20.6. The maximum atomic E-state index is 13.0. The maximum absolute atomic E-state index is 13.0. The molecule has 3 aromatic carbocycles. The van der Waals surface area contributed by atoms with Crippen LogP contribution >= 0.6 is 0 Å². The van der Waals surface area contributed by atoms with Crippen molar-refractivity contribution in [2.24, 2.45) is 0 Å². The molecular formula is C31H25F3N4O5. The van der Waals surface area contributed by atoms with Crippen molar-refractivity contribution < 1.29 is 32.2 Å². The summed E-state index contributed by atoms with van der Waals surface area (Å²) < 4.78 is 56.3. The van der Waals surface area contributed by atoms with Crippen molar-refractivity contribution in [2.75, 3.05) is 14.2 Å². The predicted molar refractivity (Wildman–Crippen MR) is 152 cm³/mol. The Morgan fingerprint density at radius 3 is 2.23 bits per heavy atom. The second kappa shape index (κ2) is 11.8. The van der Waals surface area contributed by atoms with Gasteiger partial charge in [0.2, 0.25) is 0 Å². The van der Waals surface area contributed by atoms with E-state index in [2.05, 4.69) is 15.3 Å². The maximum Gasteiger partial charge on any atom is 0.416 e. The number of aromatic nitrogens is 3. The molecule has 5 rings (SSSR count). The minimum Gasteiger partial charge on any atom is -0.493 e. The van der Waals surface area contributed by atoms with Crippen molar-refractivity contribution in [3.63, 3.8) is 0 Å². The number of fused-ring (bicyclic) bond motifs is 1. The normalized spacial score (nSPS) is 11.3. The van der Waals surface area contributed by atoms with E-state index < -0.39 is 17.3 Å². The van der Waals surface area contributed by atoms with Crippen molar-refractivity contribution in [2.45, 2.75) is 19.6 Å². The van der Waals surface area contributed by atoms with Crippen LogP contribution in [0.3, 0.4) is 0 Å². The summed E-state index contributed by atoms with van der Waals surface area (Å²) in [6.45, 7) is 1.95. The first kappa shape index (κ1) is 29.1. The predicted octanol–water partition coefficient (Wildman–Crippen LogP) is 5.85. The lowest BCUT2D eigenvalue weighted by molar-refractivity contribution is -0.137. The number of methoxy groups -OCH3 is 2. The molecule has 0 radical (unpaired) electrons. The number of halogens is 3. The van der Waals surface area contributed by atoms with E-state index in [1.165, 1.54) is 29.9 Å². The molecule has 0 bridgehead atoms. The first-order valence-electron chi connectivity index (χ1n) is 12.9. The molecule has 1 amide bonds. The summed E-state index contributed by atoms with van der Waals surface area (Å²) in [6.07, 6.45) is -4.48. The van der Waals surface area contributed by atoms with Gasteiger partial charge in [-0.3, -0.25) is 14.2 Å². The first-order valence-corrected chi connectivity index (χ1v) is 12.9. The van der Waals surface area contributed by atoms with Crippen LogP contribution in [0.25, 0.3) is 16.7 Å². The van der Waals surface area contributed by atoms with Crippen LogP contribution in [0.2, 0.25) is 0 Å². The van der Waals surface area contributed by atoms with E-state index in [1.807, 2.05) is 6.07 Å². The lowest BCUT2D eigenvalue weighted by atomic mass is 10.1. The molecule has 12 heteroatoms. The lowest BCUT2D eigenvalue weighted by Gasteiger charge is -2.13. The van der Waals surface area contributed by atoms with Crippen LogP contribution < -0.4 is 25.1 Å². The highest BCUT2D eigenvalue weighted by molar-refractivity contribution is 5.94. The number of alkyl halides is 3. The number of amides is 1. The van der Waals surface area contributed by atoms with E-state index in [-0.39, 0.29) is 29.9 Å². The summed E-state index contributed by atoms with van der Waals surface area (Å²) in [7, 11) is 3.07. The number of benzene rings is 3. The Morgan fingerprint density at radius 2 is 1.58 bits per heavy atom. The van der Waals surface area contributed by atoms with Gasteiger partial charge in [-0.25, -0.2) is 0 Å². The Morgan fingerprint density at radius 1 is 0.884 bits per heavy atom. The van der Waals surface area contributed by atoms with Gasteiger partial charge in [-0.2, -0.15) is 23.1 Å². The molecule has 0 aliphatic rings. The zero-order valence-corrected chi connectivity index (χ0v) is 23.2. The number of nitrogens with zero attached hydrogens (tertiary/aromatic N) is 3. The molecule has 0 unspecified atom stereocenters. The van der Waals surface area contributed by atoms with Crippen molar-refractivity contribution in [3.8, 4) is 28.9 Å². The van der Waals surface area contributed by atoms with Gasteiger partial charge >= 0.3 is 12.2 Å². The van der Waals surface area contributed by atoms with E-state index in [0.717, 1.165) is 17.7 Å². The van der Waals surface area contributed by atoms with Crippen molar-refractivity contribution in [1.82, 2.24) is 19.9 Å². The molecule has 9 nitrogen and oxygen atoms in total. The summed E-state index contributed by atoms with van der Waals surface area (Å²) in [5.74, 6) is 0.902. The Hall–Kier alpha value is -5.39. The zero-order chi connectivity index (χ0) is 30.7. The van der Waals surface area contributed by atoms with E-state index in [0.29, 0.717) is 33.8 Å². The van der Waals surface area contributed by atoms with Crippen LogP contribution in [0.4, 0.5) is 13.2 Å². The second-order valence-corrected chi connectivity index (χ2v) is 9.38. The number of nitrogens with one attached hydrogen (secondary N) is 1. The molecule has 0 saturated carbocycles. The molecule has 1 N–H and O–H groups in total. The molecule has 43 heavy (non-hydrogen) atoms. The molecule has 0 aliphatic carbocycles. The van der Waals surface area contributed by atoms with Gasteiger partial charge < -0.3 is 19.5 Å². The number of aryl methyl sites for hydroxylation is 1. The monoisotopic (exact) mass is 590 g/mol. The van der Waals surface area contributed by atoms with Crippen LogP contribution in [-0.4, -0.2) is 34.7 Å². The summed E-state index contributed by atoms with van der Waals surface area (Å²) in [4.78, 5) is 34.5. The van der Waals surface area contributed by atoms with Gasteiger partial charge in [0.05, 0.1) is 31.2 Å². The third-order valence-electron chi connectivity index (χ3n) is 6.60. The fourth-order valence-corrected chi connectivity index (χ4v) is 4.39. The Kier molecular flexibility index (Phi) is 8.02. The lowest BCUT2D eigenvalue weighted by Crippen LogP contribution is -2.23. The molecule has 0 atom stereocenters. The van der Waals surface area contributed by atoms with Crippen molar-refractivity contribution in [1.29, 1.82) is 0 Å².